The van der Waals surface area contributed by atoms with Gasteiger partial charge in [0.2, 0.25) is 5.91 Å². The van der Waals surface area contributed by atoms with E-state index >= 15 is 0 Å². The van der Waals surface area contributed by atoms with Crippen LogP contribution in [-0.4, -0.2) is 22.0 Å². The Balaban J connectivity index is 1.55. The molecule has 0 aliphatic rings. The van der Waals surface area contributed by atoms with Crippen LogP contribution in [0, 0.1) is 6.92 Å². The largest absolute Gasteiger partial charge is 0.356 e. The summed E-state index contributed by atoms with van der Waals surface area (Å²) in [5.41, 5.74) is 2.62. The molecule has 0 saturated carbocycles. The molecule has 0 saturated heterocycles. The number of para-hydroxylation sites is 1. The van der Waals surface area contributed by atoms with Crippen LogP contribution in [0.3, 0.4) is 0 Å². The van der Waals surface area contributed by atoms with Gasteiger partial charge >= 0.3 is 0 Å². The summed E-state index contributed by atoms with van der Waals surface area (Å²) in [7, 11) is 0. The Bertz CT molecular complexity index is 998. The van der Waals surface area contributed by atoms with Gasteiger partial charge in [-0.05, 0) is 42.7 Å². The van der Waals surface area contributed by atoms with Crippen LogP contribution in [0.5, 0.6) is 0 Å². The summed E-state index contributed by atoms with van der Waals surface area (Å²) in [5.74, 6) is -0.0942. The van der Waals surface area contributed by atoms with Gasteiger partial charge in [-0.2, -0.15) is 0 Å². The summed E-state index contributed by atoms with van der Waals surface area (Å²) < 4.78 is 1.48. The maximum atomic E-state index is 12.5. The third-order valence-electron chi connectivity index (χ3n) is 4.26. The molecule has 0 fully saturated rings. The van der Waals surface area contributed by atoms with Gasteiger partial charge in [-0.15, -0.1) is 0 Å². The first kappa shape index (κ1) is 18.1. The van der Waals surface area contributed by atoms with Gasteiger partial charge in [0, 0.05) is 24.5 Å². The molecule has 5 nitrogen and oxygen atoms in total. The van der Waals surface area contributed by atoms with Crippen LogP contribution >= 0.6 is 11.6 Å². The standard InChI is InChI=1S/C20H20ClN3O2/c1-14-4-2-7-17-19(14)23-13-24(20(17)26)11-9-18(25)22-10-8-15-5-3-6-16(21)12-15/h2-7,12-13H,8-11H2,1H3,(H,22,25). The quantitative estimate of drug-likeness (QED) is 0.726. The Kier molecular flexibility index (Phi) is 5.68. The van der Waals surface area contributed by atoms with Crippen molar-refractivity contribution >= 4 is 28.4 Å². The molecule has 0 atom stereocenters. The van der Waals surface area contributed by atoms with Crippen LogP contribution in [-0.2, 0) is 17.8 Å². The molecular formula is C20H20ClN3O2. The normalized spacial score (nSPS) is 10.8. The van der Waals surface area contributed by atoms with E-state index in [4.69, 9.17) is 11.6 Å². The van der Waals surface area contributed by atoms with Gasteiger partial charge in [-0.3, -0.25) is 14.2 Å². The van der Waals surface area contributed by atoms with E-state index < -0.39 is 0 Å². The number of carbonyl (C=O) groups excluding carboxylic acids is 1. The summed E-state index contributed by atoms with van der Waals surface area (Å²) in [6.07, 6.45) is 2.45. The van der Waals surface area contributed by atoms with Gasteiger partial charge in [0.1, 0.15) is 0 Å². The first-order valence-electron chi connectivity index (χ1n) is 8.50. The SMILES string of the molecule is Cc1cccc2c(=O)n(CCC(=O)NCCc3cccc(Cl)c3)cnc12. The van der Waals surface area contributed by atoms with Gasteiger partial charge in [0.15, 0.2) is 0 Å². The molecule has 0 spiro atoms. The van der Waals surface area contributed by atoms with Crippen LogP contribution in [0.4, 0.5) is 0 Å². The second-order valence-electron chi connectivity index (χ2n) is 6.19. The van der Waals surface area contributed by atoms with E-state index in [1.807, 2.05) is 43.3 Å². The monoisotopic (exact) mass is 369 g/mol. The topological polar surface area (TPSA) is 64.0 Å². The molecule has 6 heteroatoms. The minimum atomic E-state index is -0.120. The lowest BCUT2D eigenvalue weighted by Crippen LogP contribution is -2.29. The zero-order valence-electron chi connectivity index (χ0n) is 14.5. The molecule has 26 heavy (non-hydrogen) atoms. The van der Waals surface area contributed by atoms with Crippen LogP contribution in [0.1, 0.15) is 17.5 Å². The summed E-state index contributed by atoms with van der Waals surface area (Å²) in [6, 6.07) is 13.1. The molecule has 0 aliphatic heterocycles. The lowest BCUT2D eigenvalue weighted by atomic mass is 10.1. The average molecular weight is 370 g/mol. The summed E-state index contributed by atoms with van der Waals surface area (Å²) in [4.78, 5) is 28.9. The highest BCUT2D eigenvalue weighted by Gasteiger charge is 2.08. The molecular weight excluding hydrogens is 350 g/mol. The number of rotatable bonds is 6. The molecule has 0 aliphatic carbocycles. The minimum Gasteiger partial charge on any atom is -0.356 e. The highest BCUT2D eigenvalue weighted by molar-refractivity contribution is 6.30. The third kappa shape index (κ3) is 4.29. The van der Waals surface area contributed by atoms with Crippen LogP contribution in [0.2, 0.25) is 5.02 Å². The number of hydrogen-bond acceptors (Lipinski definition) is 3. The first-order chi connectivity index (χ1) is 12.5. The van der Waals surface area contributed by atoms with E-state index in [1.165, 1.54) is 10.9 Å². The number of nitrogens with one attached hydrogen (secondary N) is 1. The van der Waals surface area contributed by atoms with Crippen molar-refractivity contribution in [3.05, 3.63) is 75.3 Å². The molecule has 0 bridgehead atoms. The maximum absolute atomic E-state index is 12.5. The molecule has 1 amide bonds. The Hall–Kier alpha value is -2.66. The van der Waals surface area contributed by atoms with Crippen molar-refractivity contribution in [2.75, 3.05) is 6.54 Å². The number of nitrogens with zero attached hydrogens (tertiary/aromatic N) is 2. The van der Waals surface area contributed by atoms with Crippen LogP contribution in [0.25, 0.3) is 10.9 Å². The third-order valence-corrected chi connectivity index (χ3v) is 4.49. The minimum absolute atomic E-state index is 0.0942. The summed E-state index contributed by atoms with van der Waals surface area (Å²) in [6.45, 7) is 2.76. The molecule has 0 unspecified atom stereocenters. The van der Waals surface area contributed by atoms with Gasteiger partial charge in [0.25, 0.3) is 5.56 Å². The van der Waals surface area contributed by atoms with Crippen molar-refractivity contribution in [2.45, 2.75) is 26.3 Å². The van der Waals surface area contributed by atoms with Crippen molar-refractivity contribution in [1.29, 1.82) is 0 Å². The Morgan fingerprint density at radius 3 is 2.85 bits per heavy atom. The molecule has 134 valence electrons. The van der Waals surface area contributed by atoms with E-state index in [0.29, 0.717) is 35.4 Å². The number of fused-ring (bicyclic) bond motifs is 1. The highest BCUT2D eigenvalue weighted by atomic mass is 35.5. The summed E-state index contributed by atoms with van der Waals surface area (Å²) >= 11 is 5.94. The van der Waals surface area contributed by atoms with Gasteiger partial charge < -0.3 is 5.32 Å². The fraction of sp³-hybridized carbons (Fsp3) is 0.250. The van der Waals surface area contributed by atoms with Crippen molar-refractivity contribution in [2.24, 2.45) is 0 Å². The molecule has 1 aromatic heterocycles. The van der Waals surface area contributed by atoms with Crippen LogP contribution in [0.15, 0.2) is 53.6 Å². The lowest BCUT2D eigenvalue weighted by molar-refractivity contribution is -0.121. The predicted molar refractivity (Wildman–Crippen MR) is 104 cm³/mol. The van der Waals surface area contributed by atoms with Gasteiger partial charge in [0.05, 0.1) is 17.2 Å². The molecule has 2 aromatic carbocycles. The summed E-state index contributed by atoms with van der Waals surface area (Å²) in [5, 5.41) is 4.13. The van der Waals surface area contributed by atoms with Gasteiger partial charge in [-0.25, -0.2) is 4.98 Å². The number of benzene rings is 2. The lowest BCUT2D eigenvalue weighted by Gasteiger charge is -2.09. The predicted octanol–water partition coefficient (Wildman–Crippen LogP) is 3.11. The fourth-order valence-electron chi connectivity index (χ4n) is 2.85. The number of aromatic nitrogens is 2. The average Bonchev–Trinajstić information content (AvgIpc) is 2.62. The van der Waals surface area contributed by atoms with Crippen molar-refractivity contribution in [3.8, 4) is 0 Å². The number of hydrogen-bond donors (Lipinski definition) is 1. The second-order valence-corrected chi connectivity index (χ2v) is 6.63. The van der Waals surface area contributed by atoms with Gasteiger partial charge in [-0.1, -0.05) is 35.9 Å². The second kappa shape index (κ2) is 8.15. The molecule has 3 rings (SSSR count). The van der Waals surface area contributed by atoms with E-state index in [1.54, 1.807) is 6.07 Å². The smallest absolute Gasteiger partial charge is 0.261 e. The van der Waals surface area contributed by atoms with E-state index in [0.717, 1.165) is 11.1 Å². The number of aryl methyl sites for hydroxylation is 2. The molecule has 3 aromatic rings. The maximum Gasteiger partial charge on any atom is 0.261 e. The van der Waals surface area contributed by atoms with E-state index in [9.17, 15) is 9.59 Å². The highest BCUT2D eigenvalue weighted by Crippen LogP contribution is 2.12. The molecule has 1 N–H and O–H groups in total. The zero-order valence-corrected chi connectivity index (χ0v) is 15.3. The Labute approximate surface area is 156 Å². The number of amides is 1. The zero-order chi connectivity index (χ0) is 18.5. The van der Waals surface area contributed by atoms with Crippen molar-refractivity contribution in [1.82, 2.24) is 14.9 Å². The molecule has 1 heterocycles. The molecule has 0 radical (unpaired) electrons. The van der Waals surface area contributed by atoms with Crippen LogP contribution < -0.4 is 10.9 Å². The number of halogens is 1. The Morgan fingerprint density at radius 1 is 1.23 bits per heavy atom. The van der Waals surface area contributed by atoms with E-state index in [-0.39, 0.29) is 17.9 Å². The first-order valence-corrected chi connectivity index (χ1v) is 8.88. The fourth-order valence-corrected chi connectivity index (χ4v) is 3.06. The Morgan fingerprint density at radius 2 is 2.04 bits per heavy atom. The van der Waals surface area contributed by atoms with Crippen molar-refractivity contribution in [3.63, 3.8) is 0 Å². The van der Waals surface area contributed by atoms with E-state index in [2.05, 4.69) is 10.3 Å². The van der Waals surface area contributed by atoms with Crippen molar-refractivity contribution < 1.29 is 4.79 Å². The number of carbonyl (C=O) groups is 1.